The molecule has 0 spiro atoms. The van der Waals surface area contributed by atoms with E-state index in [4.69, 9.17) is 4.74 Å². The fourth-order valence-corrected chi connectivity index (χ4v) is 2.98. The maximum atomic E-state index is 6.28. The molecule has 0 saturated heterocycles. The smallest absolute Gasteiger partial charge is 0.0782 e. The maximum absolute atomic E-state index is 6.28. The van der Waals surface area contributed by atoms with E-state index < -0.39 is 0 Å². The van der Waals surface area contributed by atoms with Crippen LogP contribution in [0, 0.1) is 0 Å². The van der Waals surface area contributed by atoms with E-state index in [1.807, 2.05) is 0 Å². The molecule has 14 heavy (non-hydrogen) atoms. The summed E-state index contributed by atoms with van der Waals surface area (Å²) < 4.78 is 6.28. The third-order valence-electron chi connectivity index (χ3n) is 3.34. The Morgan fingerprint density at radius 3 is 2.14 bits per heavy atom. The Labute approximate surface area is 96.7 Å². The van der Waals surface area contributed by atoms with Gasteiger partial charge in [-0.05, 0) is 25.7 Å². The van der Waals surface area contributed by atoms with Gasteiger partial charge in [-0.3, -0.25) is 0 Å². The number of alkyl halides is 1. The van der Waals surface area contributed by atoms with Crippen molar-refractivity contribution in [2.24, 2.45) is 0 Å². The third-order valence-corrected chi connectivity index (χ3v) is 4.36. The quantitative estimate of drug-likeness (QED) is 0.672. The van der Waals surface area contributed by atoms with Gasteiger partial charge in [-0.25, -0.2) is 0 Å². The van der Waals surface area contributed by atoms with E-state index in [9.17, 15) is 0 Å². The van der Waals surface area contributed by atoms with Gasteiger partial charge < -0.3 is 4.74 Å². The van der Waals surface area contributed by atoms with Crippen molar-refractivity contribution >= 4 is 15.9 Å². The number of rotatable bonds is 5. The zero-order valence-electron chi connectivity index (χ0n) is 9.52. The van der Waals surface area contributed by atoms with Gasteiger partial charge in [0.1, 0.15) is 0 Å². The minimum Gasteiger partial charge on any atom is -0.371 e. The predicted molar refractivity (Wildman–Crippen MR) is 65.1 cm³/mol. The van der Waals surface area contributed by atoms with E-state index in [0.29, 0.717) is 6.10 Å². The highest BCUT2D eigenvalue weighted by Gasteiger charge is 2.33. The Morgan fingerprint density at radius 2 is 1.71 bits per heavy atom. The summed E-state index contributed by atoms with van der Waals surface area (Å²) in [5.74, 6) is 0. The molecule has 84 valence electrons. The Hall–Kier alpha value is 0.440. The molecule has 1 fully saturated rings. The molecule has 0 aromatic carbocycles. The zero-order valence-corrected chi connectivity index (χ0v) is 11.1. The molecule has 0 aliphatic heterocycles. The van der Waals surface area contributed by atoms with Gasteiger partial charge in [-0.1, -0.05) is 49.0 Å². The van der Waals surface area contributed by atoms with Crippen molar-refractivity contribution in [2.45, 2.75) is 70.5 Å². The van der Waals surface area contributed by atoms with Gasteiger partial charge >= 0.3 is 0 Å². The van der Waals surface area contributed by atoms with Crippen LogP contribution in [0.4, 0.5) is 0 Å². The van der Waals surface area contributed by atoms with E-state index >= 15 is 0 Å². The summed E-state index contributed by atoms with van der Waals surface area (Å²) in [7, 11) is 0. The zero-order chi connectivity index (χ0) is 10.4. The molecule has 0 radical (unpaired) electrons. The third kappa shape index (κ3) is 3.23. The second kappa shape index (κ2) is 6.12. The lowest BCUT2D eigenvalue weighted by Gasteiger charge is -2.38. The molecule has 1 nitrogen and oxygen atoms in total. The summed E-state index contributed by atoms with van der Waals surface area (Å²) in [6.07, 6.45) is 9.31. The van der Waals surface area contributed by atoms with Crippen LogP contribution in [0.1, 0.15) is 58.8 Å². The second-order valence-corrected chi connectivity index (χ2v) is 4.99. The topological polar surface area (TPSA) is 9.23 Å². The number of hydrogen-bond acceptors (Lipinski definition) is 1. The predicted octanol–water partition coefficient (Wildman–Crippen LogP) is 4.29. The molecule has 1 rings (SSSR count). The van der Waals surface area contributed by atoms with E-state index in [0.717, 1.165) is 18.2 Å². The van der Waals surface area contributed by atoms with Crippen molar-refractivity contribution in [1.82, 2.24) is 0 Å². The molecular formula is C12H23BrO. The van der Waals surface area contributed by atoms with Crippen molar-refractivity contribution < 1.29 is 4.74 Å². The van der Waals surface area contributed by atoms with Crippen LogP contribution in [0.2, 0.25) is 0 Å². The van der Waals surface area contributed by atoms with Gasteiger partial charge in [0.05, 0.1) is 11.7 Å². The molecule has 1 aliphatic carbocycles. The molecule has 0 bridgehead atoms. The fourth-order valence-electron chi connectivity index (χ4n) is 2.29. The molecule has 0 amide bonds. The van der Waals surface area contributed by atoms with Crippen LogP contribution in [-0.2, 0) is 4.74 Å². The average molecular weight is 263 g/mol. The summed E-state index contributed by atoms with van der Waals surface area (Å²) in [6, 6.07) is 0. The van der Waals surface area contributed by atoms with E-state index in [1.165, 1.54) is 32.1 Å². The van der Waals surface area contributed by atoms with E-state index in [-0.39, 0.29) is 5.60 Å². The molecule has 0 aromatic rings. The van der Waals surface area contributed by atoms with Crippen LogP contribution in [0.15, 0.2) is 0 Å². The van der Waals surface area contributed by atoms with Crippen molar-refractivity contribution in [1.29, 1.82) is 0 Å². The molecule has 1 aliphatic rings. The largest absolute Gasteiger partial charge is 0.371 e. The highest BCUT2D eigenvalue weighted by molar-refractivity contribution is 9.09. The SMILES string of the molecule is CCC(CC)OC1(CBr)CCCCC1. The lowest BCUT2D eigenvalue weighted by Crippen LogP contribution is -2.40. The molecule has 0 unspecified atom stereocenters. The average Bonchev–Trinajstić information content (AvgIpc) is 2.27. The van der Waals surface area contributed by atoms with Gasteiger partial charge in [0.15, 0.2) is 0 Å². The molecule has 0 atom stereocenters. The second-order valence-electron chi connectivity index (χ2n) is 4.43. The van der Waals surface area contributed by atoms with Gasteiger partial charge in [0.25, 0.3) is 0 Å². The summed E-state index contributed by atoms with van der Waals surface area (Å²) in [5.41, 5.74) is 0.162. The molecule has 0 N–H and O–H groups in total. The molecule has 0 aromatic heterocycles. The normalized spacial score (nSPS) is 21.4. The van der Waals surface area contributed by atoms with Gasteiger partial charge in [-0.2, -0.15) is 0 Å². The summed E-state index contributed by atoms with van der Waals surface area (Å²) in [4.78, 5) is 0. The minimum atomic E-state index is 0.162. The van der Waals surface area contributed by atoms with Crippen LogP contribution in [-0.4, -0.2) is 17.0 Å². The number of hydrogen-bond donors (Lipinski definition) is 0. The van der Waals surface area contributed by atoms with Gasteiger partial charge in [0.2, 0.25) is 0 Å². The van der Waals surface area contributed by atoms with E-state index in [1.54, 1.807) is 0 Å². The number of halogens is 1. The van der Waals surface area contributed by atoms with Crippen molar-refractivity contribution in [2.75, 3.05) is 5.33 Å². The fraction of sp³-hybridized carbons (Fsp3) is 1.00. The van der Waals surface area contributed by atoms with E-state index in [2.05, 4.69) is 29.8 Å². The van der Waals surface area contributed by atoms with Crippen molar-refractivity contribution in [3.63, 3.8) is 0 Å². The minimum absolute atomic E-state index is 0.162. The Morgan fingerprint density at radius 1 is 1.14 bits per heavy atom. The highest BCUT2D eigenvalue weighted by atomic mass is 79.9. The lowest BCUT2D eigenvalue weighted by molar-refractivity contribution is -0.0998. The summed E-state index contributed by atoms with van der Waals surface area (Å²) >= 11 is 3.63. The highest BCUT2D eigenvalue weighted by Crippen LogP contribution is 2.35. The van der Waals surface area contributed by atoms with Crippen molar-refractivity contribution in [3.8, 4) is 0 Å². The van der Waals surface area contributed by atoms with Crippen LogP contribution in [0.3, 0.4) is 0 Å². The van der Waals surface area contributed by atoms with Crippen LogP contribution in [0.5, 0.6) is 0 Å². The van der Waals surface area contributed by atoms with Crippen LogP contribution < -0.4 is 0 Å². The first-order valence-electron chi connectivity index (χ1n) is 6.00. The first kappa shape index (κ1) is 12.5. The van der Waals surface area contributed by atoms with Gasteiger partial charge in [0, 0.05) is 5.33 Å². The monoisotopic (exact) mass is 262 g/mol. The molecular weight excluding hydrogens is 240 g/mol. The Bertz CT molecular complexity index is 148. The van der Waals surface area contributed by atoms with Crippen LogP contribution >= 0.6 is 15.9 Å². The molecule has 2 heteroatoms. The van der Waals surface area contributed by atoms with Crippen LogP contribution in [0.25, 0.3) is 0 Å². The molecule has 0 heterocycles. The Kier molecular flexibility index (Phi) is 5.47. The first-order valence-corrected chi connectivity index (χ1v) is 7.12. The van der Waals surface area contributed by atoms with Crippen molar-refractivity contribution in [3.05, 3.63) is 0 Å². The number of ether oxygens (including phenoxy) is 1. The maximum Gasteiger partial charge on any atom is 0.0782 e. The van der Waals surface area contributed by atoms with Gasteiger partial charge in [-0.15, -0.1) is 0 Å². The molecule has 1 saturated carbocycles. The summed E-state index contributed by atoms with van der Waals surface area (Å²) in [5, 5.41) is 1.01. The standard InChI is InChI=1S/C12H23BrO/c1-3-11(4-2)14-12(10-13)8-6-5-7-9-12/h11H,3-10H2,1-2H3. The Balaban J connectivity index is 2.50. The lowest BCUT2D eigenvalue weighted by atomic mass is 9.86. The summed E-state index contributed by atoms with van der Waals surface area (Å²) in [6.45, 7) is 4.44. The first-order chi connectivity index (χ1) is 6.76.